The van der Waals surface area contributed by atoms with Gasteiger partial charge in [-0.15, -0.1) is 0 Å². The first-order valence-corrected chi connectivity index (χ1v) is 8.17. The van der Waals surface area contributed by atoms with Gasteiger partial charge in [-0.05, 0) is 55.5 Å². The Kier molecular flexibility index (Phi) is 4.79. The second-order valence-corrected chi connectivity index (χ2v) is 6.38. The molecule has 126 valence electrons. The molecule has 1 N–H and O–H groups in total. The van der Waals surface area contributed by atoms with Crippen LogP contribution in [0.3, 0.4) is 0 Å². The van der Waals surface area contributed by atoms with Gasteiger partial charge in [-0.25, -0.2) is 4.39 Å². The molecule has 2 aromatic rings. The van der Waals surface area contributed by atoms with Crippen LogP contribution in [0.4, 0.5) is 4.39 Å². The van der Waals surface area contributed by atoms with Crippen molar-refractivity contribution in [1.82, 2.24) is 10.3 Å². The van der Waals surface area contributed by atoms with Gasteiger partial charge in [0.2, 0.25) is 5.91 Å². The maximum absolute atomic E-state index is 13.9. The molecule has 0 bridgehead atoms. The predicted octanol–water partition coefficient (Wildman–Crippen LogP) is 3.43. The number of halogens is 1. The highest BCUT2D eigenvalue weighted by atomic mass is 19.1. The zero-order valence-electron chi connectivity index (χ0n) is 13.8. The van der Waals surface area contributed by atoms with Crippen molar-refractivity contribution < 1.29 is 13.9 Å². The van der Waals surface area contributed by atoms with Crippen LogP contribution in [-0.2, 0) is 11.3 Å². The van der Waals surface area contributed by atoms with Gasteiger partial charge in [0.1, 0.15) is 0 Å². The molecule has 5 heteroatoms. The third kappa shape index (κ3) is 3.91. The smallest absolute Gasteiger partial charge is 0.224 e. The van der Waals surface area contributed by atoms with Crippen LogP contribution in [0.15, 0.2) is 42.7 Å². The fraction of sp³-hybridized carbons (Fsp3) is 0.368. The molecular formula is C19H21FN2O2. The number of nitrogens with one attached hydrogen (secondary N) is 1. The lowest BCUT2D eigenvalue weighted by Gasteiger charge is -2.12. The van der Waals surface area contributed by atoms with Gasteiger partial charge in [0.15, 0.2) is 11.6 Å². The molecule has 1 fully saturated rings. The standard InChI is InChI=1S/C19H21FN2O2/c1-12(2)24-18-6-5-13(8-17(18)20)10-22-19(23)16-9-15(16)14-4-3-7-21-11-14/h3-8,11-12,15-16H,9-10H2,1-2H3,(H,22,23)/t15-,16-/m1/s1. The van der Waals surface area contributed by atoms with E-state index < -0.39 is 5.82 Å². The average molecular weight is 328 g/mol. The molecule has 1 aliphatic carbocycles. The molecule has 0 saturated heterocycles. The average Bonchev–Trinajstić information content (AvgIpc) is 3.36. The summed E-state index contributed by atoms with van der Waals surface area (Å²) in [6.45, 7) is 4.01. The number of hydrogen-bond donors (Lipinski definition) is 1. The van der Waals surface area contributed by atoms with E-state index in [1.165, 1.54) is 6.07 Å². The van der Waals surface area contributed by atoms with E-state index in [-0.39, 0.29) is 29.6 Å². The van der Waals surface area contributed by atoms with Crippen LogP contribution < -0.4 is 10.1 Å². The summed E-state index contributed by atoms with van der Waals surface area (Å²) in [4.78, 5) is 16.3. The van der Waals surface area contributed by atoms with Crippen molar-refractivity contribution >= 4 is 5.91 Å². The van der Waals surface area contributed by atoms with Gasteiger partial charge in [0.05, 0.1) is 6.10 Å². The van der Waals surface area contributed by atoms with Gasteiger partial charge in [-0.3, -0.25) is 9.78 Å². The number of benzene rings is 1. The van der Waals surface area contributed by atoms with E-state index in [4.69, 9.17) is 4.74 Å². The summed E-state index contributed by atoms with van der Waals surface area (Å²) >= 11 is 0. The van der Waals surface area contributed by atoms with Gasteiger partial charge in [0.25, 0.3) is 0 Å². The van der Waals surface area contributed by atoms with Crippen LogP contribution in [0.1, 0.15) is 37.3 Å². The largest absolute Gasteiger partial charge is 0.488 e. The molecular weight excluding hydrogens is 307 g/mol. The highest BCUT2D eigenvalue weighted by molar-refractivity contribution is 5.82. The summed E-state index contributed by atoms with van der Waals surface area (Å²) < 4.78 is 19.3. The van der Waals surface area contributed by atoms with Gasteiger partial charge in [-0.1, -0.05) is 12.1 Å². The van der Waals surface area contributed by atoms with Crippen molar-refractivity contribution in [2.75, 3.05) is 0 Å². The van der Waals surface area contributed by atoms with E-state index in [2.05, 4.69) is 10.3 Å². The van der Waals surface area contributed by atoms with Crippen molar-refractivity contribution in [3.8, 4) is 5.75 Å². The molecule has 0 radical (unpaired) electrons. The van der Waals surface area contributed by atoms with Gasteiger partial charge in [0, 0.05) is 24.9 Å². The summed E-state index contributed by atoms with van der Waals surface area (Å²) in [5.74, 6) is 0.0700. The maximum atomic E-state index is 13.9. The third-order valence-electron chi connectivity index (χ3n) is 4.07. The summed E-state index contributed by atoms with van der Waals surface area (Å²) in [6.07, 6.45) is 4.29. The predicted molar refractivity (Wildman–Crippen MR) is 89.1 cm³/mol. The quantitative estimate of drug-likeness (QED) is 0.884. The lowest BCUT2D eigenvalue weighted by molar-refractivity contribution is -0.122. The monoisotopic (exact) mass is 328 g/mol. The van der Waals surface area contributed by atoms with Crippen molar-refractivity contribution in [2.45, 2.75) is 38.8 Å². The van der Waals surface area contributed by atoms with Crippen LogP contribution in [0, 0.1) is 11.7 Å². The van der Waals surface area contributed by atoms with E-state index in [0.717, 1.165) is 17.5 Å². The number of carbonyl (C=O) groups excluding carboxylic acids is 1. The number of amides is 1. The number of aromatic nitrogens is 1. The molecule has 1 amide bonds. The SMILES string of the molecule is CC(C)Oc1ccc(CNC(=O)[C@@H]2C[C@@H]2c2cccnc2)cc1F. The van der Waals surface area contributed by atoms with Crippen molar-refractivity contribution in [2.24, 2.45) is 5.92 Å². The Bertz CT molecular complexity index is 719. The minimum Gasteiger partial charge on any atom is -0.488 e. The first-order chi connectivity index (χ1) is 11.5. The summed E-state index contributed by atoms with van der Waals surface area (Å²) in [5, 5.41) is 2.88. The summed E-state index contributed by atoms with van der Waals surface area (Å²) in [7, 11) is 0. The molecule has 1 saturated carbocycles. The maximum Gasteiger partial charge on any atom is 0.224 e. The normalized spacial score (nSPS) is 19.2. The van der Waals surface area contributed by atoms with E-state index in [1.54, 1.807) is 24.5 Å². The van der Waals surface area contributed by atoms with Crippen molar-refractivity contribution in [1.29, 1.82) is 0 Å². The lowest BCUT2D eigenvalue weighted by Crippen LogP contribution is -2.25. The number of ether oxygens (including phenoxy) is 1. The fourth-order valence-corrected chi connectivity index (χ4v) is 2.77. The molecule has 0 aliphatic heterocycles. The molecule has 1 aliphatic rings. The highest BCUT2D eigenvalue weighted by Crippen LogP contribution is 2.47. The van der Waals surface area contributed by atoms with Crippen LogP contribution in [-0.4, -0.2) is 17.0 Å². The fourth-order valence-electron chi connectivity index (χ4n) is 2.77. The Morgan fingerprint density at radius 3 is 2.92 bits per heavy atom. The van der Waals surface area contributed by atoms with Crippen LogP contribution in [0.5, 0.6) is 5.75 Å². The lowest BCUT2D eigenvalue weighted by atomic mass is 10.1. The third-order valence-corrected chi connectivity index (χ3v) is 4.07. The molecule has 0 spiro atoms. The van der Waals surface area contributed by atoms with Gasteiger partial charge >= 0.3 is 0 Å². The van der Waals surface area contributed by atoms with Crippen LogP contribution >= 0.6 is 0 Å². The Morgan fingerprint density at radius 1 is 1.42 bits per heavy atom. The Labute approximate surface area is 141 Å². The van der Waals surface area contributed by atoms with Crippen molar-refractivity contribution in [3.05, 3.63) is 59.7 Å². The summed E-state index contributed by atoms with van der Waals surface area (Å²) in [5.41, 5.74) is 1.81. The highest BCUT2D eigenvalue weighted by Gasteiger charge is 2.43. The Balaban J connectivity index is 1.53. The van der Waals surface area contributed by atoms with E-state index >= 15 is 0 Å². The number of nitrogens with zero attached hydrogens (tertiary/aromatic N) is 1. The number of carbonyl (C=O) groups is 1. The minimum absolute atomic E-state index is 0.00627. The Hall–Kier alpha value is -2.43. The minimum atomic E-state index is -0.407. The second kappa shape index (κ2) is 6.99. The molecule has 24 heavy (non-hydrogen) atoms. The number of pyridine rings is 1. The second-order valence-electron chi connectivity index (χ2n) is 6.38. The molecule has 1 aromatic carbocycles. The molecule has 1 heterocycles. The molecule has 4 nitrogen and oxygen atoms in total. The first kappa shape index (κ1) is 16.4. The molecule has 3 rings (SSSR count). The number of rotatable bonds is 6. The Morgan fingerprint density at radius 2 is 2.25 bits per heavy atom. The van der Waals surface area contributed by atoms with Gasteiger partial charge < -0.3 is 10.1 Å². The first-order valence-electron chi connectivity index (χ1n) is 8.17. The van der Waals surface area contributed by atoms with Crippen LogP contribution in [0.25, 0.3) is 0 Å². The zero-order chi connectivity index (χ0) is 17.1. The van der Waals surface area contributed by atoms with Crippen LogP contribution in [0.2, 0.25) is 0 Å². The molecule has 1 aromatic heterocycles. The molecule has 0 unspecified atom stereocenters. The topological polar surface area (TPSA) is 51.2 Å². The summed E-state index contributed by atoms with van der Waals surface area (Å²) in [6, 6.07) is 8.66. The van der Waals surface area contributed by atoms with E-state index in [0.29, 0.717) is 6.54 Å². The van der Waals surface area contributed by atoms with Gasteiger partial charge in [-0.2, -0.15) is 0 Å². The van der Waals surface area contributed by atoms with E-state index in [9.17, 15) is 9.18 Å². The number of hydrogen-bond acceptors (Lipinski definition) is 3. The zero-order valence-corrected chi connectivity index (χ0v) is 13.8. The van der Waals surface area contributed by atoms with E-state index in [1.807, 2.05) is 26.0 Å². The molecule has 2 atom stereocenters. The van der Waals surface area contributed by atoms with Crippen molar-refractivity contribution in [3.63, 3.8) is 0 Å².